The summed E-state index contributed by atoms with van der Waals surface area (Å²) in [5.74, 6) is 0.310. The second-order valence-corrected chi connectivity index (χ2v) is 6.27. The summed E-state index contributed by atoms with van der Waals surface area (Å²) in [5, 5.41) is 7.79. The van der Waals surface area contributed by atoms with Gasteiger partial charge in [-0.2, -0.15) is 5.10 Å². The first kappa shape index (κ1) is 17.8. The molecule has 0 saturated carbocycles. The molecule has 6 nitrogen and oxygen atoms in total. The van der Waals surface area contributed by atoms with Crippen LogP contribution in [0, 0.1) is 5.82 Å². The minimum absolute atomic E-state index is 0.00989. The molecule has 0 amide bonds. The number of allylic oxidation sites excluding steroid dienone is 2. The quantitative estimate of drug-likeness (QED) is 0.892. The van der Waals surface area contributed by atoms with Crippen molar-refractivity contribution in [3.05, 3.63) is 59.3 Å². The maximum atomic E-state index is 13.8. The van der Waals surface area contributed by atoms with E-state index in [2.05, 4.69) is 15.2 Å². The Hall–Kier alpha value is -2.96. The fourth-order valence-corrected chi connectivity index (χ4v) is 2.91. The number of rotatable bonds is 5. The van der Waals surface area contributed by atoms with Gasteiger partial charge in [0.05, 0.1) is 12.2 Å². The minimum Gasteiger partial charge on any atom is -0.382 e. The highest BCUT2D eigenvalue weighted by Crippen LogP contribution is 2.22. The molecule has 2 aromatic rings. The predicted molar refractivity (Wildman–Crippen MR) is 97.3 cm³/mol. The van der Waals surface area contributed by atoms with Crippen LogP contribution >= 0.6 is 0 Å². The van der Waals surface area contributed by atoms with Crippen molar-refractivity contribution in [2.24, 2.45) is 4.99 Å². The predicted octanol–water partition coefficient (Wildman–Crippen LogP) is 2.69. The summed E-state index contributed by atoms with van der Waals surface area (Å²) in [6, 6.07) is 6.66. The van der Waals surface area contributed by atoms with E-state index in [4.69, 9.17) is 10.7 Å². The molecule has 1 aromatic heterocycles. The molecular formula is C19H20FN5O. The molecule has 0 bridgehead atoms. The van der Waals surface area contributed by atoms with Gasteiger partial charge in [0.25, 0.3) is 0 Å². The molecule has 2 N–H and O–H groups in total. The number of carbonyl (C=O) groups is 1. The smallest absolute Gasteiger partial charge is 0.201 e. The average molecular weight is 353 g/mol. The van der Waals surface area contributed by atoms with Crippen LogP contribution in [0.3, 0.4) is 0 Å². The van der Waals surface area contributed by atoms with E-state index >= 15 is 0 Å². The van der Waals surface area contributed by atoms with Crippen molar-refractivity contribution in [1.82, 2.24) is 15.2 Å². The van der Waals surface area contributed by atoms with E-state index in [1.165, 1.54) is 19.2 Å². The van der Waals surface area contributed by atoms with Gasteiger partial charge in [0, 0.05) is 0 Å². The lowest BCUT2D eigenvalue weighted by atomic mass is 9.99. The first-order valence-electron chi connectivity index (χ1n) is 8.51. The summed E-state index contributed by atoms with van der Waals surface area (Å²) in [6.45, 7) is 1.53. The number of halogens is 1. The summed E-state index contributed by atoms with van der Waals surface area (Å²) in [5.41, 5.74) is 7.51. The number of carbonyl (C=O) groups excluding carboxylic acids is 1. The van der Waals surface area contributed by atoms with Crippen molar-refractivity contribution in [2.45, 2.75) is 38.6 Å². The summed E-state index contributed by atoms with van der Waals surface area (Å²) in [6.07, 6.45) is 5.62. The third-order valence-electron chi connectivity index (χ3n) is 4.34. The number of nitrogens with two attached hydrogens (primary N) is 1. The fourth-order valence-electron chi connectivity index (χ4n) is 2.91. The number of aliphatic imine (C=N–C) groups is 1. The van der Waals surface area contributed by atoms with Crippen molar-refractivity contribution >= 4 is 17.3 Å². The van der Waals surface area contributed by atoms with Gasteiger partial charge in [-0.3, -0.25) is 9.79 Å². The second-order valence-electron chi connectivity index (χ2n) is 6.27. The van der Waals surface area contributed by atoms with Crippen LogP contribution in [0.5, 0.6) is 0 Å². The van der Waals surface area contributed by atoms with Gasteiger partial charge in [0.2, 0.25) is 5.82 Å². The second kappa shape index (κ2) is 7.95. The first-order valence-corrected chi connectivity index (χ1v) is 8.51. The number of benzene rings is 1. The molecule has 2 heterocycles. The largest absolute Gasteiger partial charge is 0.382 e. The fraction of sp³-hybridized carbons (Fsp3) is 0.316. The van der Waals surface area contributed by atoms with Crippen LogP contribution < -0.4 is 5.73 Å². The zero-order valence-corrected chi connectivity index (χ0v) is 14.5. The van der Waals surface area contributed by atoms with E-state index in [0.717, 1.165) is 0 Å². The number of anilines is 1. The lowest BCUT2D eigenvalue weighted by Gasteiger charge is -2.12. The molecule has 1 atom stereocenters. The summed E-state index contributed by atoms with van der Waals surface area (Å²) in [7, 11) is 0. The van der Waals surface area contributed by atoms with E-state index in [1.807, 2.05) is 6.07 Å². The van der Waals surface area contributed by atoms with Crippen molar-refractivity contribution in [3.63, 3.8) is 0 Å². The Balaban J connectivity index is 1.85. The van der Waals surface area contributed by atoms with E-state index in [0.29, 0.717) is 48.4 Å². The molecular weight excluding hydrogens is 333 g/mol. The number of hydrogen-bond acceptors (Lipinski definition) is 6. The van der Waals surface area contributed by atoms with Gasteiger partial charge in [0.15, 0.2) is 5.78 Å². The summed E-state index contributed by atoms with van der Waals surface area (Å²) < 4.78 is 13.8. The first-order chi connectivity index (χ1) is 12.5. The number of nitrogen functional groups attached to an aromatic ring is 1. The molecule has 1 unspecified atom stereocenters. The van der Waals surface area contributed by atoms with Crippen molar-refractivity contribution < 1.29 is 9.18 Å². The molecule has 1 aromatic carbocycles. The molecule has 1 aliphatic rings. The molecule has 26 heavy (non-hydrogen) atoms. The lowest BCUT2D eigenvalue weighted by Crippen LogP contribution is -2.12. The topological polar surface area (TPSA) is 94.1 Å². The SMILES string of the molecule is CC(=O)C1=CC(c2nncc(N)n2)=NC(CCc2ccccc2F)CC1. The molecule has 3 rings (SSSR count). The zero-order chi connectivity index (χ0) is 18.5. The molecule has 0 fully saturated rings. The summed E-state index contributed by atoms with van der Waals surface area (Å²) >= 11 is 0. The maximum Gasteiger partial charge on any atom is 0.201 e. The monoisotopic (exact) mass is 353 g/mol. The Morgan fingerprint density at radius 3 is 2.88 bits per heavy atom. The van der Waals surface area contributed by atoms with Gasteiger partial charge in [-0.25, -0.2) is 9.37 Å². The van der Waals surface area contributed by atoms with Gasteiger partial charge in [-0.05, 0) is 55.9 Å². The van der Waals surface area contributed by atoms with Gasteiger partial charge < -0.3 is 5.73 Å². The number of aryl methyl sites for hydroxylation is 1. The van der Waals surface area contributed by atoms with Gasteiger partial charge in [-0.15, -0.1) is 5.10 Å². The third-order valence-corrected chi connectivity index (χ3v) is 4.34. The number of ketones is 1. The third kappa shape index (κ3) is 4.36. The molecule has 1 aliphatic heterocycles. The molecule has 7 heteroatoms. The van der Waals surface area contributed by atoms with Crippen molar-refractivity contribution in [3.8, 4) is 0 Å². The Morgan fingerprint density at radius 1 is 1.35 bits per heavy atom. The highest BCUT2D eigenvalue weighted by atomic mass is 19.1. The van der Waals surface area contributed by atoms with Gasteiger partial charge in [0.1, 0.15) is 17.3 Å². The van der Waals surface area contributed by atoms with E-state index in [-0.39, 0.29) is 23.5 Å². The van der Waals surface area contributed by atoms with E-state index in [9.17, 15) is 9.18 Å². The van der Waals surface area contributed by atoms with Crippen LogP contribution in [0.4, 0.5) is 10.2 Å². The van der Waals surface area contributed by atoms with Crippen LogP contribution in [-0.4, -0.2) is 32.7 Å². The van der Waals surface area contributed by atoms with Crippen molar-refractivity contribution in [2.75, 3.05) is 5.73 Å². The highest BCUT2D eigenvalue weighted by molar-refractivity contribution is 6.11. The Bertz CT molecular complexity index is 878. The number of Topliss-reactive ketones (excluding diaryl/α,β-unsaturated/α-hetero) is 1. The Morgan fingerprint density at radius 2 is 2.15 bits per heavy atom. The number of nitrogens with zero attached hydrogens (tertiary/aromatic N) is 4. The standard InChI is InChI=1S/C19H20FN5O/c1-12(26)14-7-9-15(8-6-13-4-2-3-5-16(13)20)23-17(10-14)19-24-18(21)11-22-25-19/h2-5,10-11,15H,6-9H2,1H3,(H2,21,24,25). The van der Waals surface area contributed by atoms with Crippen molar-refractivity contribution in [1.29, 1.82) is 0 Å². The van der Waals surface area contributed by atoms with Crippen LogP contribution in [-0.2, 0) is 11.2 Å². The van der Waals surface area contributed by atoms with Crippen LogP contribution in [0.25, 0.3) is 0 Å². The van der Waals surface area contributed by atoms with E-state index in [1.54, 1.807) is 18.2 Å². The van der Waals surface area contributed by atoms with Crippen LogP contribution in [0.2, 0.25) is 0 Å². The zero-order valence-electron chi connectivity index (χ0n) is 14.5. The van der Waals surface area contributed by atoms with Gasteiger partial charge in [-0.1, -0.05) is 18.2 Å². The molecule has 134 valence electrons. The normalized spacial score (nSPS) is 17.2. The average Bonchev–Trinajstić information content (AvgIpc) is 2.84. The number of aromatic nitrogens is 3. The lowest BCUT2D eigenvalue weighted by molar-refractivity contribution is -0.113. The van der Waals surface area contributed by atoms with Crippen LogP contribution in [0.15, 0.2) is 47.1 Å². The molecule has 0 spiro atoms. The van der Waals surface area contributed by atoms with E-state index < -0.39 is 0 Å². The Kier molecular flexibility index (Phi) is 5.46. The number of hydrogen-bond donors (Lipinski definition) is 1. The summed E-state index contributed by atoms with van der Waals surface area (Å²) in [4.78, 5) is 20.7. The highest BCUT2D eigenvalue weighted by Gasteiger charge is 2.19. The molecule has 0 saturated heterocycles. The molecule has 0 radical (unpaired) electrons. The molecule has 0 aliphatic carbocycles. The van der Waals surface area contributed by atoms with Gasteiger partial charge >= 0.3 is 0 Å². The minimum atomic E-state index is -0.212. The van der Waals surface area contributed by atoms with Crippen LogP contribution in [0.1, 0.15) is 37.6 Å². The Labute approximate surface area is 151 Å². The maximum absolute atomic E-state index is 13.8.